The average Bonchev–Trinajstić information content (AvgIpc) is 2.68. The van der Waals surface area contributed by atoms with E-state index in [1.807, 2.05) is 18.5 Å². The fourth-order valence-corrected chi connectivity index (χ4v) is 2.08. The van der Waals surface area contributed by atoms with Gasteiger partial charge in [0.05, 0.1) is 0 Å². The summed E-state index contributed by atoms with van der Waals surface area (Å²) in [7, 11) is 1.94. The second kappa shape index (κ2) is 5.37. The largest absolute Gasteiger partial charge is 0.370 e. The van der Waals surface area contributed by atoms with Crippen molar-refractivity contribution in [3.8, 4) is 0 Å². The fourth-order valence-electron chi connectivity index (χ4n) is 2.08. The van der Waals surface area contributed by atoms with Crippen LogP contribution in [0.5, 0.6) is 0 Å². The van der Waals surface area contributed by atoms with Crippen LogP contribution < -0.4 is 5.73 Å². The summed E-state index contributed by atoms with van der Waals surface area (Å²) in [6, 6.07) is 0. The van der Waals surface area contributed by atoms with Crippen LogP contribution in [0.4, 0.5) is 0 Å². The summed E-state index contributed by atoms with van der Waals surface area (Å²) >= 11 is 0. The molecule has 1 aromatic rings. The molecule has 6 heteroatoms. The SMILES string of the molecule is Cc1nnc(CN=C(N)N2CCC(C)CC2)n1C. The molecule has 1 aromatic heterocycles. The number of guanidine groups is 1. The normalized spacial score (nSPS) is 18.4. The Bertz CT molecular complexity index is 428. The molecule has 2 heterocycles. The van der Waals surface area contributed by atoms with Gasteiger partial charge in [0.25, 0.3) is 0 Å². The predicted molar refractivity (Wildman–Crippen MR) is 71.0 cm³/mol. The highest BCUT2D eigenvalue weighted by molar-refractivity contribution is 5.78. The van der Waals surface area contributed by atoms with Gasteiger partial charge < -0.3 is 15.2 Å². The molecule has 2 rings (SSSR count). The molecule has 100 valence electrons. The van der Waals surface area contributed by atoms with Crippen LogP contribution in [0, 0.1) is 12.8 Å². The molecule has 0 bridgehead atoms. The Morgan fingerprint density at radius 3 is 2.61 bits per heavy atom. The van der Waals surface area contributed by atoms with Crippen LogP contribution in [0.3, 0.4) is 0 Å². The lowest BCUT2D eigenvalue weighted by molar-refractivity contribution is 0.277. The first kappa shape index (κ1) is 12.9. The van der Waals surface area contributed by atoms with Crippen molar-refractivity contribution in [2.45, 2.75) is 33.2 Å². The highest BCUT2D eigenvalue weighted by Gasteiger charge is 2.17. The van der Waals surface area contributed by atoms with Crippen LogP contribution in [-0.4, -0.2) is 38.7 Å². The molecule has 1 saturated heterocycles. The van der Waals surface area contributed by atoms with Crippen molar-refractivity contribution >= 4 is 5.96 Å². The Morgan fingerprint density at radius 1 is 1.39 bits per heavy atom. The van der Waals surface area contributed by atoms with Gasteiger partial charge in [-0.1, -0.05) is 6.92 Å². The number of hydrogen-bond acceptors (Lipinski definition) is 3. The summed E-state index contributed by atoms with van der Waals surface area (Å²) in [5.74, 6) is 3.17. The van der Waals surface area contributed by atoms with Crippen LogP contribution in [0.2, 0.25) is 0 Å². The van der Waals surface area contributed by atoms with E-state index in [1.165, 1.54) is 12.8 Å². The quantitative estimate of drug-likeness (QED) is 0.618. The molecule has 0 atom stereocenters. The van der Waals surface area contributed by atoms with Crippen molar-refractivity contribution in [3.63, 3.8) is 0 Å². The number of aliphatic imine (C=N–C) groups is 1. The van der Waals surface area contributed by atoms with E-state index in [-0.39, 0.29) is 0 Å². The third-order valence-electron chi connectivity index (χ3n) is 3.67. The molecule has 1 aliphatic heterocycles. The Hall–Kier alpha value is -1.59. The molecule has 0 aromatic carbocycles. The summed E-state index contributed by atoms with van der Waals surface area (Å²) < 4.78 is 1.94. The molecular weight excluding hydrogens is 228 g/mol. The molecule has 0 saturated carbocycles. The number of likely N-dealkylation sites (tertiary alicyclic amines) is 1. The van der Waals surface area contributed by atoms with Crippen molar-refractivity contribution in [1.29, 1.82) is 0 Å². The van der Waals surface area contributed by atoms with Gasteiger partial charge >= 0.3 is 0 Å². The number of nitrogens with zero attached hydrogens (tertiary/aromatic N) is 5. The van der Waals surface area contributed by atoms with E-state index in [4.69, 9.17) is 5.73 Å². The van der Waals surface area contributed by atoms with E-state index in [2.05, 4.69) is 27.0 Å². The predicted octanol–water partition coefficient (Wildman–Crippen LogP) is 0.670. The maximum atomic E-state index is 6.02. The van der Waals surface area contributed by atoms with Gasteiger partial charge in [-0.05, 0) is 25.7 Å². The minimum Gasteiger partial charge on any atom is -0.370 e. The van der Waals surface area contributed by atoms with Gasteiger partial charge in [-0.3, -0.25) is 0 Å². The summed E-state index contributed by atoms with van der Waals surface area (Å²) in [6.07, 6.45) is 2.39. The van der Waals surface area contributed by atoms with Gasteiger partial charge in [-0.25, -0.2) is 4.99 Å². The zero-order chi connectivity index (χ0) is 13.1. The summed E-state index contributed by atoms with van der Waals surface area (Å²) in [4.78, 5) is 6.57. The van der Waals surface area contributed by atoms with Gasteiger partial charge in [0.2, 0.25) is 0 Å². The molecule has 0 aliphatic carbocycles. The van der Waals surface area contributed by atoms with E-state index in [0.29, 0.717) is 12.5 Å². The Labute approximate surface area is 108 Å². The summed E-state index contributed by atoms with van der Waals surface area (Å²) in [5, 5.41) is 8.08. The number of hydrogen-bond donors (Lipinski definition) is 1. The number of rotatable bonds is 2. The lowest BCUT2D eigenvalue weighted by Crippen LogP contribution is -2.42. The van der Waals surface area contributed by atoms with Crippen molar-refractivity contribution in [2.75, 3.05) is 13.1 Å². The third kappa shape index (κ3) is 2.80. The molecule has 18 heavy (non-hydrogen) atoms. The Kier molecular flexibility index (Phi) is 3.84. The van der Waals surface area contributed by atoms with Crippen LogP contribution in [-0.2, 0) is 13.6 Å². The third-order valence-corrected chi connectivity index (χ3v) is 3.67. The zero-order valence-electron chi connectivity index (χ0n) is 11.4. The summed E-state index contributed by atoms with van der Waals surface area (Å²) in [6.45, 7) is 6.72. The number of piperidine rings is 1. The van der Waals surface area contributed by atoms with E-state index in [0.717, 1.165) is 30.7 Å². The first-order valence-electron chi connectivity index (χ1n) is 6.47. The fraction of sp³-hybridized carbons (Fsp3) is 0.750. The second-order valence-corrected chi connectivity index (χ2v) is 5.07. The van der Waals surface area contributed by atoms with Gasteiger partial charge in [-0.15, -0.1) is 10.2 Å². The number of aryl methyl sites for hydroxylation is 1. The van der Waals surface area contributed by atoms with E-state index < -0.39 is 0 Å². The van der Waals surface area contributed by atoms with Gasteiger partial charge in [0, 0.05) is 20.1 Å². The first-order valence-corrected chi connectivity index (χ1v) is 6.47. The zero-order valence-corrected chi connectivity index (χ0v) is 11.4. The van der Waals surface area contributed by atoms with Gasteiger partial charge in [0.1, 0.15) is 12.4 Å². The van der Waals surface area contributed by atoms with Crippen LogP contribution in [0.15, 0.2) is 4.99 Å². The lowest BCUT2D eigenvalue weighted by Gasteiger charge is -2.30. The van der Waals surface area contributed by atoms with Crippen molar-refractivity contribution < 1.29 is 0 Å². The second-order valence-electron chi connectivity index (χ2n) is 5.07. The number of nitrogens with two attached hydrogens (primary N) is 1. The molecule has 0 spiro atoms. The topological polar surface area (TPSA) is 72.3 Å². The highest BCUT2D eigenvalue weighted by Crippen LogP contribution is 2.15. The van der Waals surface area contributed by atoms with Crippen LogP contribution >= 0.6 is 0 Å². The lowest BCUT2D eigenvalue weighted by atomic mass is 10.00. The monoisotopic (exact) mass is 250 g/mol. The maximum absolute atomic E-state index is 6.02. The van der Waals surface area contributed by atoms with Gasteiger partial charge in [-0.2, -0.15) is 0 Å². The summed E-state index contributed by atoms with van der Waals surface area (Å²) in [5.41, 5.74) is 6.02. The molecule has 1 aliphatic rings. The highest BCUT2D eigenvalue weighted by atomic mass is 15.3. The standard InChI is InChI=1S/C12H22N6/c1-9-4-6-18(7-5-9)12(13)14-8-11-16-15-10(2)17(11)3/h9H,4-8H2,1-3H3,(H2,13,14). The van der Waals surface area contributed by atoms with E-state index in [9.17, 15) is 0 Å². The van der Waals surface area contributed by atoms with Gasteiger partial charge in [0.15, 0.2) is 11.8 Å². The molecule has 0 radical (unpaired) electrons. The Morgan fingerprint density at radius 2 is 2.06 bits per heavy atom. The first-order chi connectivity index (χ1) is 8.58. The molecule has 0 amide bonds. The molecule has 1 fully saturated rings. The van der Waals surface area contributed by atoms with Crippen LogP contribution in [0.1, 0.15) is 31.4 Å². The van der Waals surface area contributed by atoms with Crippen molar-refractivity contribution in [3.05, 3.63) is 11.6 Å². The molecular formula is C12H22N6. The van der Waals surface area contributed by atoms with E-state index in [1.54, 1.807) is 0 Å². The minimum atomic E-state index is 0.495. The van der Waals surface area contributed by atoms with Crippen LogP contribution in [0.25, 0.3) is 0 Å². The van der Waals surface area contributed by atoms with Crippen molar-refractivity contribution in [1.82, 2.24) is 19.7 Å². The smallest absolute Gasteiger partial charge is 0.191 e. The Balaban J connectivity index is 1.94. The minimum absolute atomic E-state index is 0.495. The van der Waals surface area contributed by atoms with Crippen molar-refractivity contribution in [2.24, 2.45) is 23.7 Å². The molecule has 0 unspecified atom stereocenters. The van der Waals surface area contributed by atoms with E-state index >= 15 is 0 Å². The average molecular weight is 250 g/mol. The molecule has 2 N–H and O–H groups in total. The maximum Gasteiger partial charge on any atom is 0.191 e. The molecule has 6 nitrogen and oxygen atoms in total. The number of aromatic nitrogens is 3.